The highest BCUT2D eigenvalue weighted by Gasteiger charge is 2.14. The molecule has 0 spiro atoms. The maximum atomic E-state index is 13.2. The van der Waals surface area contributed by atoms with Crippen LogP contribution >= 0.6 is 23.2 Å². The third kappa shape index (κ3) is 2.68. The van der Waals surface area contributed by atoms with Crippen LogP contribution in [0.5, 0.6) is 0 Å². The first-order valence-electron chi connectivity index (χ1n) is 5.65. The van der Waals surface area contributed by atoms with E-state index in [1.54, 1.807) is 19.1 Å². The van der Waals surface area contributed by atoms with E-state index in [2.05, 4.69) is 0 Å². The summed E-state index contributed by atoms with van der Waals surface area (Å²) in [6.45, 7) is 3.71. The van der Waals surface area contributed by atoms with E-state index in [4.69, 9.17) is 23.2 Å². The minimum absolute atomic E-state index is 0.217. The molecule has 1 unspecified atom stereocenters. The van der Waals surface area contributed by atoms with E-state index in [1.807, 2.05) is 25.1 Å². The van der Waals surface area contributed by atoms with Crippen LogP contribution < -0.4 is 0 Å². The molecule has 0 aliphatic rings. The molecular weight excluding hydrogens is 270 g/mol. The Kier molecular flexibility index (Phi) is 3.94. The van der Waals surface area contributed by atoms with Crippen molar-refractivity contribution in [3.63, 3.8) is 0 Å². The maximum absolute atomic E-state index is 13.2. The Morgan fingerprint density at radius 2 is 1.72 bits per heavy atom. The molecule has 2 rings (SSSR count). The molecule has 0 saturated carbocycles. The molecule has 0 heterocycles. The van der Waals surface area contributed by atoms with Crippen LogP contribution in [0.2, 0.25) is 5.02 Å². The van der Waals surface area contributed by atoms with Crippen LogP contribution in [0, 0.1) is 19.7 Å². The number of hydrogen-bond acceptors (Lipinski definition) is 0. The number of rotatable bonds is 2. The average molecular weight is 283 g/mol. The summed E-state index contributed by atoms with van der Waals surface area (Å²) in [6.07, 6.45) is 0. The molecule has 0 aliphatic heterocycles. The van der Waals surface area contributed by atoms with Crippen molar-refractivity contribution in [2.24, 2.45) is 0 Å². The van der Waals surface area contributed by atoms with Gasteiger partial charge in [-0.25, -0.2) is 4.39 Å². The fraction of sp³-hybridized carbons (Fsp3) is 0.200. The van der Waals surface area contributed by atoms with Crippen molar-refractivity contribution in [2.45, 2.75) is 19.2 Å². The van der Waals surface area contributed by atoms with Crippen molar-refractivity contribution >= 4 is 23.2 Å². The molecule has 0 nitrogen and oxygen atoms in total. The molecule has 0 bridgehead atoms. The molecule has 2 aromatic carbocycles. The number of halogens is 3. The molecule has 1 atom stereocenters. The van der Waals surface area contributed by atoms with Gasteiger partial charge in [0, 0.05) is 5.02 Å². The zero-order valence-electron chi connectivity index (χ0n) is 10.2. The zero-order valence-corrected chi connectivity index (χ0v) is 11.7. The summed E-state index contributed by atoms with van der Waals surface area (Å²) in [6, 6.07) is 10.5. The zero-order chi connectivity index (χ0) is 13.3. The average Bonchev–Trinajstić information content (AvgIpc) is 2.35. The fourth-order valence-corrected chi connectivity index (χ4v) is 2.44. The van der Waals surface area contributed by atoms with Crippen LogP contribution in [0.1, 0.15) is 27.6 Å². The van der Waals surface area contributed by atoms with Gasteiger partial charge in [0.1, 0.15) is 5.82 Å². The van der Waals surface area contributed by atoms with Gasteiger partial charge in [-0.1, -0.05) is 29.8 Å². The second-order valence-corrected chi connectivity index (χ2v) is 5.24. The van der Waals surface area contributed by atoms with Crippen LogP contribution in [-0.2, 0) is 0 Å². The van der Waals surface area contributed by atoms with Gasteiger partial charge in [-0.2, -0.15) is 0 Å². The molecule has 0 aromatic heterocycles. The summed E-state index contributed by atoms with van der Waals surface area (Å²) in [7, 11) is 0. The minimum atomic E-state index is -0.317. The molecule has 2 aromatic rings. The van der Waals surface area contributed by atoms with Crippen LogP contribution in [0.15, 0.2) is 36.4 Å². The molecule has 18 heavy (non-hydrogen) atoms. The summed E-state index contributed by atoms with van der Waals surface area (Å²) in [5, 5.41) is 0.336. The Morgan fingerprint density at radius 3 is 2.39 bits per heavy atom. The van der Waals surface area contributed by atoms with Crippen LogP contribution in [0.4, 0.5) is 4.39 Å². The van der Waals surface area contributed by atoms with Gasteiger partial charge in [0.2, 0.25) is 0 Å². The van der Waals surface area contributed by atoms with Crippen LogP contribution in [0.25, 0.3) is 0 Å². The molecule has 0 N–H and O–H groups in total. The topological polar surface area (TPSA) is 0 Å². The molecule has 0 amide bonds. The largest absolute Gasteiger partial charge is 0.207 e. The lowest BCUT2D eigenvalue weighted by molar-refractivity contribution is 0.617. The molecule has 94 valence electrons. The van der Waals surface area contributed by atoms with E-state index in [9.17, 15) is 4.39 Å². The Bertz CT molecular complexity index is 579. The highest BCUT2D eigenvalue weighted by atomic mass is 35.5. The lowest BCUT2D eigenvalue weighted by Crippen LogP contribution is -1.97. The highest BCUT2D eigenvalue weighted by molar-refractivity contribution is 6.31. The van der Waals surface area contributed by atoms with Crippen molar-refractivity contribution < 1.29 is 4.39 Å². The normalized spacial score (nSPS) is 12.5. The van der Waals surface area contributed by atoms with Crippen molar-refractivity contribution in [2.75, 3.05) is 0 Å². The SMILES string of the molecule is Cc1cc(C(Cl)c2cc(Cl)ccc2C)ccc1F. The monoisotopic (exact) mass is 282 g/mol. The first-order valence-corrected chi connectivity index (χ1v) is 6.46. The van der Waals surface area contributed by atoms with Crippen molar-refractivity contribution in [3.8, 4) is 0 Å². The smallest absolute Gasteiger partial charge is 0.126 e. The molecule has 0 saturated heterocycles. The summed E-state index contributed by atoms with van der Waals surface area (Å²) >= 11 is 12.4. The summed E-state index contributed by atoms with van der Waals surface area (Å²) in [5.41, 5.74) is 3.50. The first-order chi connectivity index (χ1) is 8.49. The predicted octanol–water partition coefficient (Wildman–Crippen LogP) is 5.42. The fourth-order valence-electron chi connectivity index (χ4n) is 1.89. The summed E-state index contributed by atoms with van der Waals surface area (Å²) in [5.74, 6) is -0.217. The summed E-state index contributed by atoms with van der Waals surface area (Å²) in [4.78, 5) is 0. The van der Waals surface area contributed by atoms with Gasteiger partial charge in [0.05, 0.1) is 5.38 Å². The van der Waals surface area contributed by atoms with E-state index < -0.39 is 0 Å². The van der Waals surface area contributed by atoms with E-state index in [1.165, 1.54) is 6.07 Å². The molecular formula is C15H13Cl2F. The van der Waals surface area contributed by atoms with E-state index >= 15 is 0 Å². The molecule has 0 radical (unpaired) electrons. The third-order valence-electron chi connectivity index (χ3n) is 2.99. The van der Waals surface area contributed by atoms with Gasteiger partial charge in [-0.15, -0.1) is 11.6 Å². The predicted molar refractivity (Wildman–Crippen MR) is 75.0 cm³/mol. The Hall–Kier alpha value is -1.05. The lowest BCUT2D eigenvalue weighted by Gasteiger charge is -2.14. The standard InChI is InChI=1S/C15H13Cl2F/c1-9-3-5-12(16)8-13(9)15(17)11-4-6-14(18)10(2)7-11/h3-8,15H,1-2H3. The first kappa shape index (κ1) is 13.4. The van der Waals surface area contributed by atoms with E-state index in [-0.39, 0.29) is 11.2 Å². The number of aryl methyl sites for hydroxylation is 2. The van der Waals surface area contributed by atoms with Gasteiger partial charge in [0.15, 0.2) is 0 Å². The number of benzene rings is 2. The Morgan fingerprint density at radius 1 is 1.00 bits per heavy atom. The van der Waals surface area contributed by atoms with Gasteiger partial charge >= 0.3 is 0 Å². The van der Waals surface area contributed by atoms with E-state index in [0.717, 1.165) is 16.7 Å². The van der Waals surface area contributed by atoms with Crippen LogP contribution in [-0.4, -0.2) is 0 Å². The van der Waals surface area contributed by atoms with Crippen molar-refractivity contribution in [1.82, 2.24) is 0 Å². The Labute approximate surface area is 116 Å². The summed E-state index contributed by atoms with van der Waals surface area (Å²) < 4.78 is 13.2. The molecule has 0 fully saturated rings. The van der Waals surface area contributed by atoms with Gasteiger partial charge < -0.3 is 0 Å². The second kappa shape index (κ2) is 5.29. The second-order valence-electron chi connectivity index (χ2n) is 4.37. The number of hydrogen-bond donors (Lipinski definition) is 0. The van der Waals surface area contributed by atoms with Gasteiger partial charge in [-0.05, 0) is 54.3 Å². The number of alkyl halides is 1. The van der Waals surface area contributed by atoms with Gasteiger partial charge in [-0.3, -0.25) is 0 Å². The quantitative estimate of drug-likeness (QED) is 0.645. The lowest BCUT2D eigenvalue weighted by atomic mass is 9.99. The minimum Gasteiger partial charge on any atom is -0.207 e. The Balaban J connectivity index is 2.44. The molecule has 0 aliphatic carbocycles. The molecule has 3 heteroatoms. The van der Waals surface area contributed by atoms with E-state index in [0.29, 0.717) is 10.6 Å². The van der Waals surface area contributed by atoms with Crippen LogP contribution in [0.3, 0.4) is 0 Å². The maximum Gasteiger partial charge on any atom is 0.126 e. The van der Waals surface area contributed by atoms with Crippen molar-refractivity contribution in [3.05, 3.63) is 69.5 Å². The third-order valence-corrected chi connectivity index (χ3v) is 3.71. The van der Waals surface area contributed by atoms with Gasteiger partial charge in [0.25, 0.3) is 0 Å². The highest BCUT2D eigenvalue weighted by Crippen LogP contribution is 2.33. The van der Waals surface area contributed by atoms with Crippen molar-refractivity contribution in [1.29, 1.82) is 0 Å².